The van der Waals surface area contributed by atoms with Crippen LogP contribution in [0.2, 0.25) is 0 Å². The summed E-state index contributed by atoms with van der Waals surface area (Å²) in [6, 6.07) is 15.3. The molecule has 118 valence electrons. The predicted octanol–water partition coefficient (Wildman–Crippen LogP) is 4.38. The Bertz CT molecular complexity index is 1020. The number of carbonyl (C=O) groups excluding carboxylic acids is 1. The summed E-state index contributed by atoms with van der Waals surface area (Å²) in [4.78, 5) is 18.0. The molecule has 0 unspecified atom stereocenters. The number of carbonyl (C=O) groups is 1. The molecule has 0 saturated heterocycles. The monoisotopic (exact) mass is 352 g/mol. The molecular weight excluding hydrogens is 340 g/mol. The van der Waals surface area contributed by atoms with Crippen molar-refractivity contribution in [3.05, 3.63) is 59.2 Å². The van der Waals surface area contributed by atoms with Crippen molar-refractivity contribution in [2.45, 2.75) is 6.92 Å². The predicted molar refractivity (Wildman–Crippen MR) is 97.7 cm³/mol. The Hall–Kier alpha value is -2.64. The number of hydrogen-bond donors (Lipinski definition) is 1. The zero-order valence-corrected chi connectivity index (χ0v) is 14.3. The van der Waals surface area contributed by atoms with Gasteiger partial charge in [0.05, 0.1) is 21.6 Å². The smallest absolute Gasteiger partial charge is 0.275 e. The summed E-state index contributed by atoms with van der Waals surface area (Å²) in [6.45, 7) is 1.90. The van der Waals surface area contributed by atoms with Crippen LogP contribution in [0.15, 0.2) is 48.5 Å². The van der Waals surface area contributed by atoms with Gasteiger partial charge in [-0.25, -0.2) is 4.98 Å². The number of aryl methyl sites for hydroxylation is 1. The highest BCUT2D eigenvalue weighted by Gasteiger charge is 2.18. The van der Waals surface area contributed by atoms with Gasteiger partial charge in [0.1, 0.15) is 16.7 Å². The van der Waals surface area contributed by atoms with E-state index in [9.17, 15) is 4.79 Å². The highest BCUT2D eigenvalue weighted by molar-refractivity contribution is 7.15. The summed E-state index contributed by atoms with van der Waals surface area (Å²) in [7, 11) is 0. The molecular formula is C17H12N4OS2. The molecule has 2 aromatic carbocycles. The minimum atomic E-state index is -0.222. The Kier molecular flexibility index (Phi) is 3.79. The number of benzene rings is 2. The Morgan fingerprint density at radius 1 is 1.04 bits per heavy atom. The second kappa shape index (κ2) is 6.10. The van der Waals surface area contributed by atoms with Gasteiger partial charge in [0.15, 0.2) is 0 Å². The summed E-state index contributed by atoms with van der Waals surface area (Å²) in [5, 5.41) is 3.77. The maximum Gasteiger partial charge on any atom is 0.275 e. The van der Waals surface area contributed by atoms with Gasteiger partial charge in [-0.15, -0.1) is 11.3 Å². The number of nitrogens with zero attached hydrogens (tertiary/aromatic N) is 3. The van der Waals surface area contributed by atoms with E-state index in [0.717, 1.165) is 38.2 Å². The van der Waals surface area contributed by atoms with Crippen LogP contribution in [0.1, 0.15) is 15.5 Å². The first-order valence-corrected chi connectivity index (χ1v) is 8.82. The van der Waals surface area contributed by atoms with Crippen molar-refractivity contribution in [1.29, 1.82) is 0 Å². The van der Waals surface area contributed by atoms with Gasteiger partial charge in [-0.2, -0.15) is 8.75 Å². The highest BCUT2D eigenvalue weighted by Crippen LogP contribution is 2.30. The summed E-state index contributed by atoms with van der Waals surface area (Å²) in [5.41, 5.74) is 3.72. The number of nitrogens with one attached hydrogen (secondary N) is 1. The third-order valence-electron chi connectivity index (χ3n) is 3.50. The number of aromatic nitrogens is 3. The molecule has 0 radical (unpaired) electrons. The first kappa shape index (κ1) is 14.9. The molecule has 1 amide bonds. The fraction of sp³-hybridized carbons (Fsp3) is 0.0588. The van der Waals surface area contributed by atoms with Crippen LogP contribution in [0.25, 0.3) is 21.5 Å². The van der Waals surface area contributed by atoms with Gasteiger partial charge in [0, 0.05) is 5.69 Å². The Labute approximate surface area is 146 Å². The third-order valence-corrected chi connectivity index (χ3v) is 5.07. The second-order valence-electron chi connectivity index (χ2n) is 5.20. The van der Waals surface area contributed by atoms with Crippen LogP contribution >= 0.6 is 23.1 Å². The SMILES string of the molecule is Cc1nc(C(=O)Nc2ccc3nsnc3c2)c(-c2ccccc2)s1. The fourth-order valence-electron chi connectivity index (χ4n) is 2.42. The van der Waals surface area contributed by atoms with Crippen LogP contribution in [0.3, 0.4) is 0 Å². The molecule has 0 spiro atoms. The zero-order chi connectivity index (χ0) is 16.5. The Morgan fingerprint density at radius 3 is 2.67 bits per heavy atom. The van der Waals surface area contributed by atoms with Crippen molar-refractivity contribution in [1.82, 2.24) is 13.7 Å². The maximum absolute atomic E-state index is 12.7. The average Bonchev–Trinajstić information content (AvgIpc) is 3.21. The van der Waals surface area contributed by atoms with E-state index >= 15 is 0 Å². The van der Waals surface area contributed by atoms with E-state index in [1.165, 1.54) is 11.3 Å². The van der Waals surface area contributed by atoms with Crippen LogP contribution in [-0.4, -0.2) is 19.6 Å². The van der Waals surface area contributed by atoms with E-state index in [1.54, 1.807) is 0 Å². The summed E-state index contributed by atoms with van der Waals surface area (Å²) < 4.78 is 8.36. The minimum absolute atomic E-state index is 0.222. The first-order valence-electron chi connectivity index (χ1n) is 7.27. The molecule has 0 aliphatic rings. The van der Waals surface area contributed by atoms with Crippen LogP contribution < -0.4 is 5.32 Å². The molecule has 4 rings (SSSR count). The van der Waals surface area contributed by atoms with E-state index in [4.69, 9.17) is 0 Å². The quantitative estimate of drug-likeness (QED) is 0.594. The Morgan fingerprint density at radius 2 is 1.83 bits per heavy atom. The van der Waals surface area contributed by atoms with Gasteiger partial charge < -0.3 is 5.32 Å². The number of fused-ring (bicyclic) bond motifs is 1. The lowest BCUT2D eigenvalue weighted by Gasteiger charge is -2.05. The lowest BCUT2D eigenvalue weighted by Crippen LogP contribution is -2.13. The molecule has 1 N–H and O–H groups in total. The molecule has 0 aliphatic heterocycles. The van der Waals surface area contributed by atoms with Crippen LogP contribution in [0, 0.1) is 6.92 Å². The van der Waals surface area contributed by atoms with Gasteiger partial charge in [0.25, 0.3) is 5.91 Å². The van der Waals surface area contributed by atoms with E-state index in [0.29, 0.717) is 11.4 Å². The molecule has 2 aromatic heterocycles. The van der Waals surface area contributed by atoms with E-state index in [-0.39, 0.29) is 5.91 Å². The molecule has 5 nitrogen and oxygen atoms in total. The second-order valence-corrected chi connectivity index (χ2v) is 6.93. The molecule has 0 aliphatic carbocycles. The number of rotatable bonds is 3. The average molecular weight is 352 g/mol. The van der Waals surface area contributed by atoms with E-state index in [2.05, 4.69) is 19.0 Å². The maximum atomic E-state index is 12.7. The molecule has 7 heteroatoms. The van der Waals surface area contributed by atoms with Gasteiger partial charge in [0.2, 0.25) is 0 Å². The number of thiazole rings is 1. The largest absolute Gasteiger partial charge is 0.321 e. The molecule has 2 heterocycles. The molecule has 0 bridgehead atoms. The molecule has 0 saturated carbocycles. The third kappa shape index (κ3) is 2.79. The standard InChI is InChI=1S/C17H12N4OS2/c1-10-18-15(16(23-10)11-5-3-2-4-6-11)17(22)19-12-7-8-13-14(9-12)21-24-20-13/h2-9H,1H3,(H,19,22). The number of anilines is 1. The summed E-state index contributed by atoms with van der Waals surface area (Å²) in [6.07, 6.45) is 0. The van der Waals surface area contributed by atoms with Crippen LogP contribution in [0.5, 0.6) is 0 Å². The van der Waals surface area contributed by atoms with Crippen LogP contribution in [-0.2, 0) is 0 Å². The molecule has 0 fully saturated rings. The van der Waals surface area contributed by atoms with Crippen molar-refractivity contribution in [2.24, 2.45) is 0 Å². The van der Waals surface area contributed by atoms with Crippen molar-refractivity contribution in [3.63, 3.8) is 0 Å². The van der Waals surface area contributed by atoms with Crippen molar-refractivity contribution in [3.8, 4) is 10.4 Å². The van der Waals surface area contributed by atoms with Gasteiger partial charge in [-0.1, -0.05) is 30.3 Å². The first-order chi connectivity index (χ1) is 11.7. The van der Waals surface area contributed by atoms with Gasteiger partial charge in [-0.05, 0) is 30.7 Å². The number of hydrogen-bond acceptors (Lipinski definition) is 6. The zero-order valence-electron chi connectivity index (χ0n) is 12.7. The fourth-order valence-corrected chi connectivity index (χ4v) is 3.85. The van der Waals surface area contributed by atoms with Crippen molar-refractivity contribution in [2.75, 3.05) is 5.32 Å². The lowest BCUT2D eigenvalue weighted by atomic mass is 10.1. The van der Waals surface area contributed by atoms with Crippen molar-refractivity contribution >= 4 is 45.7 Å². The van der Waals surface area contributed by atoms with E-state index < -0.39 is 0 Å². The van der Waals surface area contributed by atoms with Gasteiger partial charge >= 0.3 is 0 Å². The summed E-state index contributed by atoms with van der Waals surface area (Å²) in [5.74, 6) is -0.222. The van der Waals surface area contributed by atoms with Crippen LogP contribution in [0.4, 0.5) is 5.69 Å². The normalized spacial score (nSPS) is 10.9. The molecule has 0 atom stereocenters. The van der Waals surface area contributed by atoms with E-state index in [1.807, 2.05) is 55.5 Å². The topological polar surface area (TPSA) is 67.8 Å². The molecule has 24 heavy (non-hydrogen) atoms. The van der Waals surface area contributed by atoms with Crippen molar-refractivity contribution < 1.29 is 4.79 Å². The number of amides is 1. The lowest BCUT2D eigenvalue weighted by molar-refractivity contribution is 0.102. The molecule has 4 aromatic rings. The van der Waals surface area contributed by atoms with Gasteiger partial charge in [-0.3, -0.25) is 4.79 Å². The highest BCUT2D eigenvalue weighted by atomic mass is 32.1. The minimum Gasteiger partial charge on any atom is -0.321 e. The Balaban J connectivity index is 1.67. The summed E-state index contributed by atoms with van der Waals surface area (Å²) >= 11 is 2.67.